The summed E-state index contributed by atoms with van der Waals surface area (Å²) in [5.41, 5.74) is 4.64. The first-order valence-corrected chi connectivity index (χ1v) is 34.3. The van der Waals surface area contributed by atoms with Crippen molar-refractivity contribution in [2.75, 3.05) is 106 Å². The molecule has 2 heterocycles. The van der Waals surface area contributed by atoms with Crippen LogP contribution in [0.1, 0.15) is 129 Å². The molecule has 1 fully saturated rings. The average Bonchev–Trinajstić information content (AvgIpc) is 1.48. The molecule has 0 aliphatic carbocycles. The number of methoxy groups -OCH3 is 2. The molecule has 24 nitrogen and oxygen atoms in total. The van der Waals surface area contributed by atoms with E-state index < -0.39 is 72.0 Å². The number of likely N-dealkylation sites (tertiary alicyclic amines) is 1. The first-order chi connectivity index (χ1) is 46.5. The number of carbonyl (C=O) groups excluding carboxylic acids is 8. The van der Waals surface area contributed by atoms with E-state index in [9.17, 15) is 48.3 Å². The molecular formula is C73H108N8O16. The molecule has 0 spiro atoms. The number of carboxylic acids is 1. The summed E-state index contributed by atoms with van der Waals surface area (Å²) in [6.07, 6.45) is 5.00. The average molecular weight is 1350 g/mol. The number of rotatable bonds is 43. The van der Waals surface area contributed by atoms with Crippen molar-refractivity contribution in [2.45, 2.75) is 162 Å². The SMILES string of the molecule is CC[C@H](C)[C@@H]([C@@H](CC(=O)N1CCC[C@H]1[C@H](OC)[C@@H](C)C(=O)N[C@@H](Cc1ccccc1)C(=O)O)OC)N(C)C(=O)[C@@H](NC(=O)[C@H](C(C)C)N(C)C(=O)CCCC(=O)NCCOCCOCCOCCOCCC(=O)NCCC(=O)N1Cc2ccccc2/C=C\c2ccccc21)C(C)C. The van der Waals surface area contributed by atoms with Crippen LogP contribution in [-0.4, -0.2) is 216 Å². The van der Waals surface area contributed by atoms with Crippen molar-refractivity contribution in [3.8, 4) is 0 Å². The molecule has 0 aromatic heterocycles. The van der Waals surface area contributed by atoms with E-state index in [1.807, 2.05) is 102 Å². The van der Waals surface area contributed by atoms with Crippen molar-refractivity contribution in [3.05, 3.63) is 101 Å². The minimum Gasteiger partial charge on any atom is -0.480 e. The van der Waals surface area contributed by atoms with E-state index in [2.05, 4.69) is 27.3 Å². The zero-order valence-corrected chi connectivity index (χ0v) is 58.9. The molecule has 0 bridgehead atoms. The quantitative estimate of drug-likeness (QED) is 0.0388. The number of aliphatic carboxylic acids is 1. The number of fused-ring (bicyclic) bond motifs is 2. The van der Waals surface area contributed by atoms with E-state index >= 15 is 0 Å². The molecule has 536 valence electrons. The fourth-order valence-corrected chi connectivity index (χ4v) is 12.5. The maximum absolute atomic E-state index is 14.7. The van der Waals surface area contributed by atoms with E-state index in [0.717, 1.165) is 27.9 Å². The molecule has 5 rings (SSSR count). The maximum Gasteiger partial charge on any atom is 0.326 e. The van der Waals surface area contributed by atoms with Gasteiger partial charge in [-0.1, -0.05) is 140 Å². The fraction of sp³-hybridized carbons (Fsp3) is 0.603. The number of carboxylic acid groups (broad SMARTS) is 1. The molecule has 3 aromatic rings. The van der Waals surface area contributed by atoms with E-state index in [-0.39, 0.29) is 119 Å². The van der Waals surface area contributed by atoms with Gasteiger partial charge in [-0.2, -0.15) is 0 Å². The Kier molecular flexibility index (Phi) is 34.9. The third-order valence-corrected chi connectivity index (χ3v) is 18.1. The third kappa shape index (κ3) is 25.3. The molecule has 97 heavy (non-hydrogen) atoms. The number of nitrogens with zero attached hydrogens (tertiary/aromatic N) is 4. The van der Waals surface area contributed by atoms with Gasteiger partial charge in [0.1, 0.15) is 18.1 Å². The lowest BCUT2D eigenvalue weighted by Crippen LogP contribution is -2.60. The highest BCUT2D eigenvalue weighted by molar-refractivity contribution is 5.97. The Morgan fingerprint density at radius 2 is 1.23 bits per heavy atom. The number of likely N-dealkylation sites (N-methyl/N-ethyl adjacent to an activating group) is 2. The molecule has 2 aliphatic heterocycles. The minimum atomic E-state index is -1.18. The Balaban J connectivity index is 0.947. The molecule has 3 aromatic carbocycles. The van der Waals surface area contributed by atoms with Crippen molar-refractivity contribution in [1.29, 1.82) is 0 Å². The van der Waals surface area contributed by atoms with E-state index in [4.69, 9.17) is 28.4 Å². The van der Waals surface area contributed by atoms with Crippen LogP contribution >= 0.6 is 0 Å². The van der Waals surface area contributed by atoms with Crippen molar-refractivity contribution in [2.24, 2.45) is 23.7 Å². The molecule has 9 atom stereocenters. The predicted molar refractivity (Wildman–Crippen MR) is 369 cm³/mol. The van der Waals surface area contributed by atoms with Gasteiger partial charge in [-0.25, -0.2) is 4.79 Å². The normalized spacial score (nSPS) is 16.4. The lowest BCUT2D eigenvalue weighted by molar-refractivity contribution is -0.149. The van der Waals surface area contributed by atoms with Gasteiger partial charge in [0, 0.05) is 80.1 Å². The number of benzene rings is 3. The van der Waals surface area contributed by atoms with Crippen LogP contribution in [0.4, 0.5) is 5.69 Å². The maximum atomic E-state index is 14.7. The Hall–Kier alpha value is -7.61. The molecule has 0 radical (unpaired) electrons. The van der Waals surface area contributed by atoms with Crippen molar-refractivity contribution in [1.82, 2.24) is 36.0 Å². The molecule has 8 amide bonds. The van der Waals surface area contributed by atoms with Crippen LogP contribution in [0.5, 0.6) is 0 Å². The summed E-state index contributed by atoms with van der Waals surface area (Å²) in [5, 5.41) is 21.3. The molecule has 24 heteroatoms. The van der Waals surface area contributed by atoms with Crippen LogP contribution in [0.2, 0.25) is 0 Å². The molecule has 5 N–H and O–H groups in total. The highest BCUT2D eigenvalue weighted by Gasteiger charge is 2.44. The van der Waals surface area contributed by atoms with E-state index in [1.165, 1.54) is 19.1 Å². The van der Waals surface area contributed by atoms with Crippen LogP contribution in [0.25, 0.3) is 12.2 Å². The highest BCUT2D eigenvalue weighted by atomic mass is 16.6. The number of hydrogen-bond acceptors (Lipinski definition) is 15. The van der Waals surface area contributed by atoms with Crippen LogP contribution < -0.4 is 26.2 Å². The van der Waals surface area contributed by atoms with Gasteiger partial charge >= 0.3 is 5.97 Å². The topological polar surface area (TPSA) is 290 Å². The van der Waals surface area contributed by atoms with Crippen molar-refractivity contribution < 1.29 is 76.7 Å². The number of anilines is 1. The Bertz CT molecular complexity index is 3020. The minimum absolute atomic E-state index is 0.00462. The van der Waals surface area contributed by atoms with Gasteiger partial charge in [-0.05, 0) is 65.3 Å². The summed E-state index contributed by atoms with van der Waals surface area (Å²) in [7, 11) is 6.15. The first-order valence-electron chi connectivity index (χ1n) is 34.3. The van der Waals surface area contributed by atoms with E-state index in [1.54, 1.807) is 60.0 Å². The van der Waals surface area contributed by atoms with Crippen LogP contribution in [-0.2, 0) is 84.5 Å². The summed E-state index contributed by atoms with van der Waals surface area (Å²) in [4.78, 5) is 128. The van der Waals surface area contributed by atoms with Gasteiger partial charge in [0.05, 0.1) is 102 Å². The van der Waals surface area contributed by atoms with Gasteiger partial charge in [0.25, 0.3) is 0 Å². The smallest absolute Gasteiger partial charge is 0.326 e. The van der Waals surface area contributed by atoms with Crippen LogP contribution in [0.15, 0.2) is 78.9 Å². The summed E-state index contributed by atoms with van der Waals surface area (Å²) < 4.78 is 34.3. The third-order valence-electron chi connectivity index (χ3n) is 18.1. The molecular weight excluding hydrogens is 1240 g/mol. The van der Waals surface area contributed by atoms with Gasteiger partial charge in [0.2, 0.25) is 47.3 Å². The summed E-state index contributed by atoms with van der Waals surface area (Å²) in [6, 6.07) is 20.5. The lowest BCUT2D eigenvalue weighted by Gasteiger charge is -2.41. The molecule has 0 unspecified atom stereocenters. The second kappa shape index (κ2) is 42.3. The zero-order valence-electron chi connectivity index (χ0n) is 58.9. The molecule has 2 aliphatic rings. The van der Waals surface area contributed by atoms with Gasteiger partial charge in [-0.3, -0.25) is 38.4 Å². The lowest BCUT2D eigenvalue weighted by atomic mass is 9.89. The fourth-order valence-electron chi connectivity index (χ4n) is 12.5. The second-order valence-electron chi connectivity index (χ2n) is 25.7. The monoisotopic (exact) mass is 1350 g/mol. The Morgan fingerprint density at radius 1 is 0.629 bits per heavy atom. The van der Waals surface area contributed by atoms with Crippen LogP contribution in [0.3, 0.4) is 0 Å². The van der Waals surface area contributed by atoms with Crippen molar-refractivity contribution >= 4 is 71.1 Å². The number of nitrogens with one attached hydrogen (secondary N) is 4. The Labute approximate surface area is 573 Å². The highest BCUT2D eigenvalue weighted by Crippen LogP contribution is 2.32. The first kappa shape index (κ1) is 80.1. The van der Waals surface area contributed by atoms with Gasteiger partial charge in [-0.15, -0.1) is 0 Å². The standard InChI is InChI=1S/C73H108N8O16/c1-12-51(6)68(60(92-10)47-65(86)80-37-21-28-59(80)69(93-11)52(7)70(87)76-57(73(90)91)46-53-22-14-13-15-23-53)79(9)72(89)66(49(2)3)77-71(88)67(50(4)5)78(8)63(84)30-20-29-61(82)75-36-39-95-41-43-97-45-44-96-42-40-94-38-34-62(83)74-35-33-64(85)81-48-56-26-17-16-24-54(56)31-32-55-25-18-19-27-58(55)81/h13-19,22-27,31-32,49-52,57,59-60,66-69H,12,20-21,28-30,33-48H2,1-11H3,(H,74,83)(H,75,82)(H,76,87)(H,77,88)(H,90,91)/b32-31-/t51-,52+,57-,59-,60+,66-,67-,68-,69+/m0/s1. The summed E-state index contributed by atoms with van der Waals surface area (Å²) >= 11 is 0. The Morgan fingerprint density at radius 3 is 1.86 bits per heavy atom. The van der Waals surface area contributed by atoms with Crippen molar-refractivity contribution in [3.63, 3.8) is 0 Å². The van der Waals surface area contributed by atoms with Gasteiger partial charge in [0.15, 0.2) is 0 Å². The number of hydrogen-bond donors (Lipinski definition) is 5. The predicted octanol–water partition coefficient (Wildman–Crippen LogP) is 6.31. The summed E-state index contributed by atoms with van der Waals surface area (Å²) in [5.74, 6) is -5.43. The summed E-state index contributed by atoms with van der Waals surface area (Å²) in [6.45, 7) is 16.6. The molecule has 0 saturated carbocycles. The second-order valence-corrected chi connectivity index (χ2v) is 25.7. The zero-order chi connectivity index (χ0) is 71.0. The van der Waals surface area contributed by atoms with Crippen LogP contribution in [0, 0.1) is 23.7 Å². The number of amides is 8. The number of para-hydroxylation sites is 1. The largest absolute Gasteiger partial charge is 0.480 e. The number of ether oxygens (including phenoxy) is 6. The van der Waals surface area contributed by atoms with Gasteiger partial charge < -0.3 is 74.4 Å². The van der Waals surface area contributed by atoms with E-state index in [0.29, 0.717) is 72.0 Å². The molecule has 1 saturated heterocycles. The number of carbonyl (C=O) groups is 9.